The largest absolute Gasteiger partial charge is 0.416 e. The molecule has 3 aromatic rings. The number of hydrogen-bond donors (Lipinski definition) is 2. The molecule has 0 radical (unpaired) electrons. The fraction of sp³-hybridized carbons (Fsp3) is 0.360. The highest BCUT2D eigenvalue weighted by Gasteiger charge is 2.30. The SMILES string of the molecule is CCNc1nc(CN2CCN(Cc3ccccc3)CC2)sc1C(=O)Oc1c(F)c(F)c(F)c(F)c1F.CO. The van der Waals surface area contributed by atoms with Crippen molar-refractivity contribution in [3.8, 4) is 5.75 Å². The average molecular weight is 559 g/mol. The normalized spacial score (nSPS) is 14.1. The molecule has 0 atom stereocenters. The van der Waals surface area contributed by atoms with E-state index >= 15 is 0 Å². The third kappa shape index (κ3) is 6.84. The maximum Gasteiger partial charge on any atom is 0.357 e. The summed E-state index contributed by atoms with van der Waals surface area (Å²) >= 11 is 0.937. The van der Waals surface area contributed by atoms with Crippen LogP contribution in [0.5, 0.6) is 5.75 Å². The third-order valence-corrected chi connectivity index (χ3v) is 6.66. The third-order valence-electron chi connectivity index (χ3n) is 5.64. The molecule has 1 aliphatic rings. The number of thiazole rings is 1. The zero-order valence-corrected chi connectivity index (χ0v) is 21.6. The topological polar surface area (TPSA) is 77.9 Å². The van der Waals surface area contributed by atoms with Crippen LogP contribution in [0.2, 0.25) is 0 Å². The first-order valence-electron chi connectivity index (χ1n) is 11.7. The Bertz CT molecular complexity index is 1210. The lowest BCUT2D eigenvalue weighted by Gasteiger charge is -2.34. The number of anilines is 1. The second kappa shape index (κ2) is 13.6. The number of nitrogens with zero attached hydrogens (tertiary/aromatic N) is 3. The van der Waals surface area contributed by atoms with E-state index in [1.807, 2.05) is 18.2 Å². The number of carbonyl (C=O) groups excluding carboxylic acids is 1. The van der Waals surface area contributed by atoms with Crippen LogP contribution in [0, 0.1) is 29.1 Å². The van der Waals surface area contributed by atoms with E-state index in [2.05, 4.69) is 37.0 Å². The standard InChI is InChI=1S/C24H23F5N4O2S.CH4O/c1-2-30-23-22(24(34)35-21-19(28)17(26)16(25)18(27)20(21)29)36-15(31-23)13-33-10-8-32(9-11-33)12-14-6-4-3-5-7-14;1-2/h3-7,30H,2,8-13H2,1H3;2H,1H3. The summed E-state index contributed by atoms with van der Waals surface area (Å²) in [7, 11) is 1.00. The van der Waals surface area contributed by atoms with Crippen LogP contribution in [-0.4, -0.2) is 65.7 Å². The Morgan fingerprint density at radius 1 is 0.921 bits per heavy atom. The number of piperazine rings is 1. The van der Waals surface area contributed by atoms with E-state index in [0.717, 1.165) is 51.2 Å². The summed E-state index contributed by atoms with van der Waals surface area (Å²) in [6, 6.07) is 10.1. The van der Waals surface area contributed by atoms with Crippen LogP contribution in [-0.2, 0) is 13.1 Å². The predicted octanol–water partition coefficient (Wildman–Crippen LogP) is 4.42. The van der Waals surface area contributed by atoms with Gasteiger partial charge in [0, 0.05) is 46.4 Å². The Morgan fingerprint density at radius 3 is 2.00 bits per heavy atom. The highest BCUT2D eigenvalue weighted by Crippen LogP contribution is 2.32. The van der Waals surface area contributed by atoms with Crippen LogP contribution in [0.15, 0.2) is 30.3 Å². The second-order valence-corrected chi connectivity index (χ2v) is 9.23. The van der Waals surface area contributed by atoms with Crippen molar-refractivity contribution >= 4 is 23.1 Å². The van der Waals surface area contributed by atoms with E-state index in [0.29, 0.717) is 18.1 Å². The van der Waals surface area contributed by atoms with Crippen molar-refractivity contribution in [1.82, 2.24) is 14.8 Å². The number of aliphatic hydroxyl groups is 1. The first-order valence-corrected chi connectivity index (χ1v) is 12.5. The highest BCUT2D eigenvalue weighted by molar-refractivity contribution is 7.14. The lowest BCUT2D eigenvalue weighted by atomic mass is 10.2. The Balaban J connectivity index is 0.00000195. The van der Waals surface area contributed by atoms with E-state index in [1.54, 1.807) is 6.92 Å². The number of aromatic nitrogens is 1. The summed E-state index contributed by atoms with van der Waals surface area (Å²) < 4.78 is 72.8. The number of benzene rings is 2. The molecular weight excluding hydrogens is 531 g/mol. The van der Waals surface area contributed by atoms with E-state index in [-0.39, 0.29) is 10.7 Å². The fourth-order valence-corrected chi connectivity index (χ4v) is 4.77. The molecule has 13 heteroatoms. The molecule has 2 aromatic carbocycles. The lowest BCUT2D eigenvalue weighted by Crippen LogP contribution is -2.45. The first kappa shape index (κ1) is 29.4. The number of rotatable bonds is 8. The maximum absolute atomic E-state index is 14.0. The Kier molecular flexibility index (Phi) is 10.5. The van der Waals surface area contributed by atoms with Crippen molar-refractivity contribution in [1.29, 1.82) is 0 Å². The molecule has 7 nitrogen and oxygen atoms in total. The van der Waals surface area contributed by atoms with Crippen LogP contribution in [0.25, 0.3) is 0 Å². The fourth-order valence-electron chi connectivity index (χ4n) is 3.81. The van der Waals surface area contributed by atoms with Crippen LogP contribution >= 0.6 is 11.3 Å². The molecule has 1 aromatic heterocycles. The Labute approximate surface area is 220 Å². The number of esters is 1. The number of halogens is 5. The molecule has 1 aliphatic heterocycles. The Hall–Kier alpha value is -3.13. The molecular formula is C25H27F5N4O3S. The molecule has 0 bridgehead atoms. The van der Waals surface area contributed by atoms with Gasteiger partial charge in [-0.2, -0.15) is 8.78 Å². The van der Waals surface area contributed by atoms with Gasteiger partial charge in [-0.25, -0.2) is 22.9 Å². The van der Waals surface area contributed by atoms with Gasteiger partial charge in [-0.1, -0.05) is 30.3 Å². The van der Waals surface area contributed by atoms with Gasteiger partial charge in [0.2, 0.25) is 34.8 Å². The summed E-state index contributed by atoms with van der Waals surface area (Å²) in [6.45, 7) is 6.64. The summed E-state index contributed by atoms with van der Waals surface area (Å²) in [5.74, 6) is -14.0. The van der Waals surface area contributed by atoms with Gasteiger partial charge in [-0.05, 0) is 12.5 Å². The number of carbonyl (C=O) groups is 1. The average Bonchev–Trinajstić information content (AvgIpc) is 3.34. The number of nitrogens with one attached hydrogen (secondary N) is 1. The smallest absolute Gasteiger partial charge is 0.357 e. The maximum atomic E-state index is 14.0. The molecule has 206 valence electrons. The monoisotopic (exact) mass is 558 g/mol. The minimum atomic E-state index is -2.33. The summed E-state index contributed by atoms with van der Waals surface area (Å²) in [6.07, 6.45) is 0. The first-order chi connectivity index (χ1) is 18.3. The van der Waals surface area contributed by atoms with Crippen molar-refractivity contribution in [2.24, 2.45) is 0 Å². The van der Waals surface area contributed by atoms with E-state index < -0.39 is 40.8 Å². The molecule has 1 saturated heterocycles. The van der Waals surface area contributed by atoms with Crippen molar-refractivity contribution in [3.63, 3.8) is 0 Å². The zero-order chi connectivity index (χ0) is 27.8. The molecule has 0 spiro atoms. The molecule has 0 saturated carbocycles. The van der Waals surface area contributed by atoms with Crippen LogP contribution in [0.4, 0.5) is 27.8 Å². The van der Waals surface area contributed by atoms with Gasteiger partial charge in [0.1, 0.15) is 5.01 Å². The van der Waals surface area contributed by atoms with Gasteiger partial charge < -0.3 is 15.2 Å². The van der Waals surface area contributed by atoms with Crippen LogP contribution in [0.3, 0.4) is 0 Å². The predicted molar refractivity (Wildman–Crippen MR) is 133 cm³/mol. The molecule has 2 N–H and O–H groups in total. The molecule has 4 rings (SSSR count). The van der Waals surface area contributed by atoms with E-state index in [9.17, 15) is 26.7 Å². The van der Waals surface area contributed by atoms with Gasteiger partial charge in [0.25, 0.3) is 0 Å². The highest BCUT2D eigenvalue weighted by atomic mass is 32.1. The number of aliphatic hydroxyl groups excluding tert-OH is 1. The van der Waals surface area contributed by atoms with Crippen LogP contribution in [0.1, 0.15) is 27.2 Å². The summed E-state index contributed by atoms with van der Waals surface area (Å²) in [5, 5.41) is 10.4. The lowest BCUT2D eigenvalue weighted by molar-refractivity contribution is 0.0722. The second-order valence-electron chi connectivity index (χ2n) is 8.14. The number of ether oxygens (including phenoxy) is 1. The van der Waals surface area contributed by atoms with Crippen molar-refractivity contribution in [2.45, 2.75) is 20.0 Å². The summed E-state index contributed by atoms with van der Waals surface area (Å²) in [4.78, 5) is 21.4. The van der Waals surface area contributed by atoms with Gasteiger partial charge in [0.15, 0.2) is 10.7 Å². The van der Waals surface area contributed by atoms with Gasteiger partial charge in [-0.3, -0.25) is 9.80 Å². The van der Waals surface area contributed by atoms with Gasteiger partial charge >= 0.3 is 5.97 Å². The van der Waals surface area contributed by atoms with Crippen molar-refractivity contribution in [2.75, 3.05) is 45.2 Å². The minimum absolute atomic E-state index is 0.120. The Morgan fingerprint density at radius 2 is 1.45 bits per heavy atom. The molecule has 0 amide bonds. The molecule has 1 fully saturated rings. The number of hydrogen-bond acceptors (Lipinski definition) is 8. The van der Waals surface area contributed by atoms with Gasteiger partial charge in [0.05, 0.1) is 6.54 Å². The van der Waals surface area contributed by atoms with E-state index in [4.69, 9.17) is 5.11 Å². The zero-order valence-electron chi connectivity index (χ0n) is 20.7. The minimum Gasteiger partial charge on any atom is -0.416 e. The van der Waals surface area contributed by atoms with Crippen molar-refractivity contribution < 1.29 is 36.6 Å². The molecule has 38 heavy (non-hydrogen) atoms. The summed E-state index contributed by atoms with van der Waals surface area (Å²) in [5.41, 5.74) is 1.23. The molecule has 2 heterocycles. The van der Waals surface area contributed by atoms with Crippen molar-refractivity contribution in [3.05, 3.63) is 74.9 Å². The van der Waals surface area contributed by atoms with E-state index in [1.165, 1.54) is 5.56 Å². The quantitative estimate of drug-likeness (QED) is 0.139. The van der Waals surface area contributed by atoms with Crippen LogP contribution < -0.4 is 10.1 Å². The van der Waals surface area contributed by atoms with Gasteiger partial charge in [-0.15, -0.1) is 11.3 Å². The molecule has 0 unspecified atom stereocenters. The molecule has 0 aliphatic carbocycles.